The second-order valence-corrected chi connectivity index (χ2v) is 6.86. The number of hydrazone groups is 1. The monoisotopic (exact) mass is 406 g/mol. The first-order chi connectivity index (χ1) is 11.6. The Bertz CT molecular complexity index is 696. The summed E-state index contributed by atoms with van der Waals surface area (Å²) in [7, 11) is 0. The molecule has 0 radical (unpaired) electrons. The maximum Gasteiger partial charge on any atom is 0.244 e. The van der Waals surface area contributed by atoms with Crippen LogP contribution in [0.15, 0.2) is 58.1 Å². The summed E-state index contributed by atoms with van der Waals surface area (Å²) >= 11 is 9.32. The molecule has 0 bridgehead atoms. The highest BCUT2D eigenvalue weighted by Crippen LogP contribution is 2.14. The van der Waals surface area contributed by atoms with Crippen LogP contribution in [-0.2, 0) is 11.2 Å². The smallest absolute Gasteiger partial charge is 0.244 e. The molecule has 5 heteroatoms. The van der Waals surface area contributed by atoms with E-state index in [4.69, 9.17) is 11.6 Å². The SMILES string of the molecule is CCCC/C(=N\NC(=O)Cc1ccc(Br)cc1)c1ccc(Cl)cc1. The molecule has 2 aromatic carbocycles. The van der Waals surface area contributed by atoms with Crippen LogP contribution in [-0.4, -0.2) is 11.6 Å². The first-order valence-corrected chi connectivity index (χ1v) is 9.11. The van der Waals surface area contributed by atoms with E-state index in [0.29, 0.717) is 11.4 Å². The largest absolute Gasteiger partial charge is 0.273 e. The summed E-state index contributed by atoms with van der Waals surface area (Å²) in [6, 6.07) is 15.2. The second-order valence-electron chi connectivity index (χ2n) is 5.51. The number of nitrogens with zero attached hydrogens (tertiary/aromatic N) is 1. The molecule has 0 atom stereocenters. The molecule has 3 nitrogen and oxygen atoms in total. The zero-order chi connectivity index (χ0) is 17.4. The van der Waals surface area contributed by atoms with E-state index in [0.717, 1.165) is 40.6 Å². The lowest BCUT2D eigenvalue weighted by molar-refractivity contribution is -0.120. The van der Waals surface area contributed by atoms with Gasteiger partial charge in [-0.05, 0) is 48.2 Å². The normalized spacial score (nSPS) is 11.4. The molecular formula is C19H20BrClN2O. The summed E-state index contributed by atoms with van der Waals surface area (Å²) in [4.78, 5) is 12.1. The van der Waals surface area contributed by atoms with Crippen molar-refractivity contribution in [2.24, 2.45) is 5.10 Å². The number of carbonyl (C=O) groups excluding carboxylic acids is 1. The van der Waals surface area contributed by atoms with Gasteiger partial charge in [-0.15, -0.1) is 0 Å². The van der Waals surface area contributed by atoms with Gasteiger partial charge in [-0.25, -0.2) is 5.43 Å². The van der Waals surface area contributed by atoms with Gasteiger partial charge in [0.2, 0.25) is 5.91 Å². The van der Waals surface area contributed by atoms with Gasteiger partial charge in [0.15, 0.2) is 0 Å². The van der Waals surface area contributed by atoms with Crippen LogP contribution in [0.5, 0.6) is 0 Å². The molecule has 0 spiro atoms. The predicted octanol–water partition coefficient (Wildman–Crippen LogP) is 5.36. The molecule has 0 aliphatic heterocycles. The molecule has 0 aromatic heterocycles. The van der Waals surface area contributed by atoms with Gasteiger partial charge in [-0.2, -0.15) is 5.10 Å². The molecule has 0 aliphatic carbocycles. The number of nitrogens with one attached hydrogen (secondary N) is 1. The van der Waals surface area contributed by atoms with Crippen molar-refractivity contribution in [3.8, 4) is 0 Å². The fourth-order valence-corrected chi connectivity index (χ4v) is 2.60. The summed E-state index contributed by atoms with van der Waals surface area (Å²) in [6.45, 7) is 2.13. The predicted molar refractivity (Wildman–Crippen MR) is 104 cm³/mol. The molecule has 0 fully saturated rings. The van der Waals surface area contributed by atoms with E-state index in [2.05, 4.69) is 33.4 Å². The average molecular weight is 408 g/mol. The Balaban J connectivity index is 2.04. The van der Waals surface area contributed by atoms with E-state index >= 15 is 0 Å². The highest BCUT2D eigenvalue weighted by atomic mass is 79.9. The van der Waals surface area contributed by atoms with Crippen LogP contribution in [0.2, 0.25) is 5.02 Å². The first-order valence-electron chi connectivity index (χ1n) is 7.94. The second kappa shape index (κ2) is 9.60. The van der Waals surface area contributed by atoms with Crippen LogP contribution < -0.4 is 5.43 Å². The number of amides is 1. The number of rotatable bonds is 7. The molecule has 24 heavy (non-hydrogen) atoms. The lowest BCUT2D eigenvalue weighted by Gasteiger charge is -2.08. The van der Waals surface area contributed by atoms with E-state index < -0.39 is 0 Å². The molecule has 126 valence electrons. The van der Waals surface area contributed by atoms with Gasteiger partial charge in [0.25, 0.3) is 0 Å². The zero-order valence-electron chi connectivity index (χ0n) is 13.6. The van der Waals surface area contributed by atoms with Gasteiger partial charge in [-0.3, -0.25) is 4.79 Å². The van der Waals surface area contributed by atoms with E-state index in [9.17, 15) is 4.79 Å². The van der Waals surface area contributed by atoms with Crippen molar-refractivity contribution in [1.82, 2.24) is 5.43 Å². The van der Waals surface area contributed by atoms with Crippen molar-refractivity contribution in [2.45, 2.75) is 32.6 Å². The molecule has 0 saturated heterocycles. The molecule has 2 rings (SSSR count). The number of halogens is 2. The summed E-state index contributed by atoms with van der Waals surface area (Å²) < 4.78 is 0.995. The summed E-state index contributed by atoms with van der Waals surface area (Å²) in [5, 5.41) is 5.03. The number of unbranched alkanes of at least 4 members (excludes halogenated alkanes) is 1. The third-order valence-electron chi connectivity index (χ3n) is 3.54. The molecule has 1 N–H and O–H groups in total. The first kappa shape index (κ1) is 18.7. The summed E-state index contributed by atoms with van der Waals surface area (Å²) in [6.07, 6.45) is 3.21. The van der Waals surface area contributed by atoms with Crippen molar-refractivity contribution in [3.63, 3.8) is 0 Å². The molecule has 0 saturated carbocycles. The topological polar surface area (TPSA) is 41.5 Å². The van der Waals surface area contributed by atoms with E-state index in [-0.39, 0.29) is 5.91 Å². The number of hydrogen-bond acceptors (Lipinski definition) is 2. The Morgan fingerprint density at radius 3 is 2.42 bits per heavy atom. The van der Waals surface area contributed by atoms with Gasteiger partial charge in [-0.1, -0.05) is 65.1 Å². The van der Waals surface area contributed by atoms with E-state index in [1.165, 1.54) is 0 Å². The zero-order valence-corrected chi connectivity index (χ0v) is 15.9. The number of carbonyl (C=O) groups is 1. The Morgan fingerprint density at radius 1 is 1.12 bits per heavy atom. The minimum Gasteiger partial charge on any atom is -0.273 e. The van der Waals surface area contributed by atoms with Crippen LogP contribution in [0.1, 0.15) is 37.3 Å². The van der Waals surface area contributed by atoms with Crippen molar-refractivity contribution in [1.29, 1.82) is 0 Å². The highest BCUT2D eigenvalue weighted by Gasteiger charge is 2.06. The Morgan fingerprint density at radius 2 is 1.79 bits per heavy atom. The molecule has 0 heterocycles. The molecule has 0 unspecified atom stereocenters. The lowest BCUT2D eigenvalue weighted by Crippen LogP contribution is -2.22. The minimum atomic E-state index is -0.125. The molecule has 0 aliphatic rings. The van der Waals surface area contributed by atoms with Crippen LogP contribution in [0.3, 0.4) is 0 Å². The molecule has 2 aromatic rings. The average Bonchev–Trinajstić information content (AvgIpc) is 2.58. The van der Waals surface area contributed by atoms with Crippen molar-refractivity contribution >= 4 is 39.1 Å². The maximum atomic E-state index is 12.1. The Labute approximate surface area is 156 Å². The Kier molecular flexibility index (Phi) is 7.47. The standard InChI is InChI=1S/C19H20BrClN2O/c1-2-3-4-18(15-7-11-17(21)12-8-15)22-23-19(24)13-14-5-9-16(20)10-6-14/h5-12H,2-4,13H2,1H3,(H,23,24)/b22-18+. The van der Waals surface area contributed by atoms with Gasteiger partial charge >= 0.3 is 0 Å². The third kappa shape index (κ3) is 6.10. The Hall–Kier alpha value is -1.65. The lowest BCUT2D eigenvalue weighted by atomic mass is 10.1. The maximum absolute atomic E-state index is 12.1. The molecule has 1 amide bonds. The quantitative estimate of drug-likeness (QED) is 0.487. The molecular weight excluding hydrogens is 388 g/mol. The number of benzene rings is 2. The van der Waals surface area contributed by atoms with Crippen LogP contribution >= 0.6 is 27.5 Å². The van der Waals surface area contributed by atoms with E-state index in [1.54, 1.807) is 0 Å². The van der Waals surface area contributed by atoms with Crippen molar-refractivity contribution in [3.05, 3.63) is 69.2 Å². The van der Waals surface area contributed by atoms with Gasteiger partial charge in [0, 0.05) is 9.50 Å². The summed E-state index contributed by atoms with van der Waals surface area (Å²) in [5.74, 6) is -0.125. The van der Waals surface area contributed by atoms with Crippen molar-refractivity contribution < 1.29 is 4.79 Å². The van der Waals surface area contributed by atoms with Crippen LogP contribution in [0.4, 0.5) is 0 Å². The minimum absolute atomic E-state index is 0.125. The van der Waals surface area contributed by atoms with Gasteiger partial charge in [0.1, 0.15) is 0 Å². The fraction of sp³-hybridized carbons (Fsp3) is 0.263. The third-order valence-corrected chi connectivity index (χ3v) is 4.32. The fourth-order valence-electron chi connectivity index (χ4n) is 2.21. The van der Waals surface area contributed by atoms with Crippen LogP contribution in [0, 0.1) is 0 Å². The highest BCUT2D eigenvalue weighted by molar-refractivity contribution is 9.10. The van der Waals surface area contributed by atoms with Crippen LogP contribution in [0.25, 0.3) is 0 Å². The van der Waals surface area contributed by atoms with Gasteiger partial charge in [0.05, 0.1) is 12.1 Å². The van der Waals surface area contributed by atoms with Gasteiger partial charge < -0.3 is 0 Å². The number of hydrogen-bond donors (Lipinski definition) is 1. The van der Waals surface area contributed by atoms with E-state index in [1.807, 2.05) is 48.5 Å². The van der Waals surface area contributed by atoms with Crippen molar-refractivity contribution in [2.75, 3.05) is 0 Å². The summed E-state index contributed by atoms with van der Waals surface area (Å²) in [5.41, 5.74) is 5.48.